The maximum absolute atomic E-state index is 12.7. The fraction of sp³-hybridized carbons (Fsp3) is 0.857. The fourth-order valence-corrected chi connectivity index (χ4v) is 3.39. The highest BCUT2D eigenvalue weighted by molar-refractivity contribution is 5.86. The molecule has 1 N–H and O–H groups in total. The first kappa shape index (κ1) is 15.1. The Kier molecular flexibility index (Phi) is 4.86. The molecular formula is C14H24N2O4. The number of carbonyl (C=O) groups is 2. The second-order valence-electron chi connectivity index (χ2n) is 5.63. The number of ether oxygens (including phenoxy) is 2. The molecule has 2 fully saturated rings. The van der Waals surface area contributed by atoms with Crippen LogP contribution in [0.15, 0.2) is 0 Å². The molecule has 4 atom stereocenters. The third-order valence-electron chi connectivity index (χ3n) is 4.61. The molecule has 1 saturated heterocycles. The van der Waals surface area contributed by atoms with Crippen molar-refractivity contribution in [1.29, 1.82) is 0 Å². The van der Waals surface area contributed by atoms with E-state index in [0.29, 0.717) is 12.0 Å². The minimum absolute atomic E-state index is 0.0563. The molecule has 0 spiro atoms. The van der Waals surface area contributed by atoms with Gasteiger partial charge in [0.05, 0.1) is 13.2 Å². The first-order valence-corrected chi connectivity index (χ1v) is 7.26. The molecule has 0 bridgehead atoms. The zero-order chi connectivity index (χ0) is 14.7. The van der Waals surface area contributed by atoms with Crippen molar-refractivity contribution in [1.82, 2.24) is 10.2 Å². The number of hydrogen-bond donors (Lipinski definition) is 1. The normalized spacial score (nSPS) is 27.9. The van der Waals surface area contributed by atoms with E-state index in [0.717, 1.165) is 19.4 Å². The topological polar surface area (TPSA) is 67.9 Å². The van der Waals surface area contributed by atoms with Crippen LogP contribution < -0.4 is 5.32 Å². The molecule has 0 aromatic heterocycles. The van der Waals surface area contributed by atoms with Gasteiger partial charge >= 0.3 is 6.09 Å². The van der Waals surface area contributed by atoms with Crippen molar-refractivity contribution >= 4 is 12.0 Å². The van der Waals surface area contributed by atoms with E-state index < -0.39 is 12.1 Å². The van der Waals surface area contributed by atoms with Crippen LogP contribution in [0.5, 0.6) is 0 Å². The molecule has 6 heteroatoms. The first-order chi connectivity index (χ1) is 9.58. The molecule has 0 radical (unpaired) electrons. The number of hydrogen-bond acceptors (Lipinski definition) is 4. The van der Waals surface area contributed by atoms with Crippen molar-refractivity contribution in [2.45, 2.75) is 50.8 Å². The summed E-state index contributed by atoms with van der Waals surface area (Å²) in [6.45, 7) is 2.56. The minimum atomic E-state index is -0.688. The first-order valence-electron chi connectivity index (χ1n) is 7.26. The zero-order valence-corrected chi connectivity index (χ0v) is 12.4. The van der Waals surface area contributed by atoms with Crippen molar-refractivity contribution in [3.63, 3.8) is 0 Å². The van der Waals surface area contributed by atoms with Crippen molar-refractivity contribution in [3.8, 4) is 0 Å². The van der Waals surface area contributed by atoms with Crippen molar-refractivity contribution in [3.05, 3.63) is 0 Å². The highest BCUT2D eigenvalue weighted by Gasteiger charge is 2.43. The van der Waals surface area contributed by atoms with Gasteiger partial charge in [0.15, 0.2) is 0 Å². The Labute approximate surface area is 119 Å². The molecule has 2 aliphatic rings. The van der Waals surface area contributed by atoms with Crippen molar-refractivity contribution < 1.29 is 19.1 Å². The number of rotatable bonds is 4. The zero-order valence-electron chi connectivity index (χ0n) is 12.4. The number of likely N-dealkylation sites (tertiary alicyclic amines) is 1. The Hall–Kier alpha value is -1.30. The van der Waals surface area contributed by atoms with Crippen LogP contribution in [0.4, 0.5) is 4.79 Å². The maximum Gasteiger partial charge on any atom is 0.407 e. The molecule has 20 heavy (non-hydrogen) atoms. The monoisotopic (exact) mass is 284 g/mol. The van der Waals surface area contributed by atoms with Gasteiger partial charge in [-0.25, -0.2) is 4.79 Å². The van der Waals surface area contributed by atoms with Crippen LogP contribution in [0.1, 0.15) is 32.6 Å². The number of alkyl carbamates (subject to hydrolysis) is 1. The van der Waals surface area contributed by atoms with Crippen LogP contribution in [0, 0.1) is 5.92 Å². The lowest BCUT2D eigenvalue weighted by Crippen LogP contribution is -2.55. The molecule has 1 aliphatic carbocycles. The number of nitrogens with zero attached hydrogens (tertiary/aromatic N) is 1. The van der Waals surface area contributed by atoms with Crippen molar-refractivity contribution in [2.75, 3.05) is 20.8 Å². The summed E-state index contributed by atoms with van der Waals surface area (Å²) in [5.41, 5.74) is 0. The molecule has 1 heterocycles. The summed E-state index contributed by atoms with van der Waals surface area (Å²) in [7, 11) is 2.82. The summed E-state index contributed by atoms with van der Waals surface area (Å²) in [5, 5.41) is 2.60. The summed E-state index contributed by atoms with van der Waals surface area (Å²) in [4.78, 5) is 26.1. The molecule has 1 unspecified atom stereocenters. The van der Waals surface area contributed by atoms with E-state index >= 15 is 0 Å². The second-order valence-corrected chi connectivity index (χ2v) is 5.63. The number of carbonyl (C=O) groups excluding carboxylic acids is 2. The van der Waals surface area contributed by atoms with Gasteiger partial charge in [-0.1, -0.05) is 6.42 Å². The number of amides is 2. The highest BCUT2D eigenvalue weighted by Crippen LogP contribution is 2.38. The van der Waals surface area contributed by atoms with E-state index in [9.17, 15) is 9.59 Å². The van der Waals surface area contributed by atoms with Crippen LogP contribution in [0.3, 0.4) is 0 Å². The Morgan fingerprint density at radius 2 is 2.00 bits per heavy atom. The van der Waals surface area contributed by atoms with Gasteiger partial charge in [0.2, 0.25) is 5.91 Å². The van der Waals surface area contributed by atoms with Gasteiger partial charge in [0.25, 0.3) is 0 Å². The Bertz CT molecular complexity index is 374. The van der Waals surface area contributed by atoms with Crippen LogP contribution >= 0.6 is 0 Å². The minimum Gasteiger partial charge on any atom is -0.453 e. The van der Waals surface area contributed by atoms with Crippen LogP contribution in [-0.2, 0) is 14.3 Å². The van der Waals surface area contributed by atoms with E-state index in [1.165, 1.54) is 27.1 Å². The molecule has 114 valence electrons. The average molecular weight is 284 g/mol. The van der Waals surface area contributed by atoms with Gasteiger partial charge in [-0.2, -0.15) is 0 Å². The van der Waals surface area contributed by atoms with Gasteiger partial charge in [-0.05, 0) is 32.1 Å². The van der Waals surface area contributed by atoms with Crippen LogP contribution in [0.25, 0.3) is 0 Å². The van der Waals surface area contributed by atoms with Crippen molar-refractivity contribution in [2.24, 2.45) is 5.92 Å². The molecule has 6 nitrogen and oxygen atoms in total. The standard InChI is InChI=1S/C14H24N2O4/c1-9(19-2)12(15-14(18)20-3)13(17)16-8-7-10-5-4-6-11(10)16/h9-12H,4-8H2,1-3H3,(H,15,18)/t9?,10-,11-,12-/m0/s1. The summed E-state index contributed by atoms with van der Waals surface area (Å²) >= 11 is 0. The Morgan fingerprint density at radius 1 is 1.25 bits per heavy atom. The SMILES string of the molecule is COC(=O)N[C@H](C(=O)N1CC[C@@H]2CCC[C@@H]21)C(C)OC. The second kappa shape index (κ2) is 6.43. The smallest absolute Gasteiger partial charge is 0.407 e. The third kappa shape index (κ3) is 2.90. The maximum atomic E-state index is 12.7. The largest absolute Gasteiger partial charge is 0.453 e. The average Bonchev–Trinajstić information content (AvgIpc) is 3.05. The quantitative estimate of drug-likeness (QED) is 0.841. The number of nitrogens with one attached hydrogen (secondary N) is 1. The van der Waals surface area contributed by atoms with E-state index in [1.807, 2.05) is 4.90 Å². The predicted octanol–water partition coefficient (Wildman–Crippen LogP) is 1.15. The third-order valence-corrected chi connectivity index (χ3v) is 4.61. The number of fused-ring (bicyclic) bond motifs is 1. The molecular weight excluding hydrogens is 260 g/mol. The van der Waals surface area contributed by atoms with E-state index in [-0.39, 0.29) is 12.0 Å². The summed E-state index contributed by atoms with van der Waals surface area (Å²) in [6, 6.07) is -0.347. The van der Waals surface area contributed by atoms with Crippen LogP contribution in [0.2, 0.25) is 0 Å². The molecule has 1 saturated carbocycles. The lowest BCUT2D eigenvalue weighted by atomic mass is 10.0. The highest BCUT2D eigenvalue weighted by atomic mass is 16.5. The van der Waals surface area contributed by atoms with Crippen LogP contribution in [-0.4, -0.2) is 55.9 Å². The Morgan fingerprint density at radius 3 is 2.65 bits per heavy atom. The summed E-state index contributed by atoms with van der Waals surface area (Å²) in [6.07, 6.45) is 3.56. The molecule has 2 amide bonds. The molecule has 1 aliphatic heterocycles. The molecule has 0 aromatic carbocycles. The van der Waals surface area contributed by atoms with E-state index in [1.54, 1.807) is 6.92 Å². The number of methoxy groups -OCH3 is 2. The van der Waals surface area contributed by atoms with Gasteiger partial charge in [0, 0.05) is 19.7 Å². The lowest BCUT2D eigenvalue weighted by molar-refractivity contribution is -0.137. The van der Waals surface area contributed by atoms with Gasteiger partial charge in [-0.3, -0.25) is 4.79 Å². The van der Waals surface area contributed by atoms with Gasteiger partial charge in [0.1, 0.15) is 6.04 Å². The summed E-state index contributed by atoms with van der Waals surface area (Å²) < 4.78 is 9.83. The predicted molar refractivity (Wildman–Crippen MR) is 73.3 cm³/mol. The Balaban J connectivity index is 2.07. The van der Waals surface area contributed by atoms with E-state index in [2.05, 4.69) is 10.1 Å². The van der Waals surface area contributed by atoms with Gasteiger partial charge in [-0.15, -0.1) is 0 Å². The van der Waals surface area contributed by atoms with Gasteiger partial charge < -0.3 is 19.7 Å². The molecule has 0 aromatic rings. The van der Waals surface area contributed by atoms with E-state index in [4.69, 9.17) is 4.74 Å². The molecule has 2 rings (SSSR count). The summed E-state index contributed by atoms with van der Waals surface area (Å²) in [5.74, 6) is 0.578. The lowest BCUT2D eigenvalue weighted by Gasteiger charge is -2.31. The fourth-order valence-electron chi connectivity index (χ4n) is 3.39.